The second-order valence-electron chi connectivity index (χ2n) is 7.47. The van der Waals surface area contributed by atoms with Gasteiger partial charge in [-0.2, -0.15) is 5.11 Å². The molecule has 0 aliphatic carbocycles. The van der Waals surface area contributed by atoms with Crippen LogP contribution in [0, 0.1) is 0 Å². The lowest BCUT2D eigenvalue weighted by Gasteiger charge is -2.07. The Morgan fingerprint density at radius 2 is 1.60 bits per heavy atom. The van der Waals surface area contributed by atoms with Gasteiger partial charge in [0.2, 0.25) is 0 Å². The molecule has 0 aliphatic rings. The second-order valence-corrected chi connectivity index (χ2v) is 7.47. The van der Waals surface area contributed by atoms with E-state index in [-0.39, 0.29) is 47.4 Å². The van der Waals surface area contributed by atoms with Gasteiger partial charge in [0.15, 0.2) is 5.78 Å². The molecule has 0 atom stereocenters. The van der Waals surface area contributed by atoms with Crippen LogP contribution in [-0.4, -0.2) is 41.0 Å². The Kier molecular flexibility index (Phi) is 8.07. The van der Waals surface area contributed by atoms with E-state index in [2.05, 4.69) is 22.1 Å². The summed E-state index contributed by atoms with van der Waals surface area (Å²) >= 11 is 0. The number of rotatable bonds is 9. The minimum Gasteiger partial charge on any atom is -0.507 e. The smallest absolute Gasteiger partial charge is 0.333 e. The molecule has 0 radical (unpaired) electrons. The van der Waals surface area contributed by atoms with Crippen molar-refractivity contribution in [2.45, 2.75) is 6.92 Å². The number of phenols is 2. The molecule has 3 aromatic rings. The van der Waals surface area contributed by atoms with Gasteiger partial charge in [-0.15, -0.1) is 5.11 Å². The minimum atomic E-state index is -0.523. The number of carbonyl (C=O) groups is 3. The van der Waals surface area contributed by atoms with Crippen LogP contribution in [0.4, 0.5) is 11.4 Å². The second kappa shape index (κ2) is 11.4. The molecule has 178 valence electrons. The van der Waals surface area contributed by atoms with Crippen molar-refractivity contribution in [3.05, 3.63) is 95.6 Å². The summed E-state index contributed by atoms with van der Waals surface area (Å²) in [7, 11) is 0. The molecule has 3 aromatic carbocycles. The number of esters is 1. The first-order valence-corrected chi connectivity index (χ1v) is 10.5. The van der Waals surface area contributed by atoms with Crippen molar-refractivity contribution in [3.8, 4) is 11.5 Å². The van der Waals surface area contributed by atoms with E-state index in [9.17, 15) is 24.6 Å². The lowest BCUT2D eigenvalue weighted by atomic mass is 10.0. The predicted octanol–water partition coefficient (Wildman–Crippen LogP) is 4.59. The molecule has 0 saturated carbocycles. The molecular formula is C26H23N3O6. The van der Waals surface area contributed by atoms with E-state index in [1.165, 1.54) is 25.1 Å². The van der Waals surface area contributed by atoms with Gasteiger partial charge in [-0.1, -0.05) is 36.9 Å². The molecule has 0 heterocycles. The van der Waals surface area contributed by atoms with Crippen molar-refractivity contribution >= 4 is 29.0 Å². The van der Waals surface area contributed by atoms with Gasteiger partial charge in [-0.25, -0.2) is 4.79 Å². The molecular weight excluding hydrogens is 450 g/mol. The quantitative estimate of drug-likeness (QED) is 0.137. The Hall–Kier alpha value is -4.79. The van der Waals surface area contributed by atoms with Crippen molar-refractivity contribution in [3.63, 3.8) is 0 Å². The van der Waals surface area contributed by atoms with Crippen LogP contribution in [0.15, 0.2) is 89.1 Å². The largest absolute Gasteiger partial charge is 0.507 e. The van der Waals surface area contributed by atoms with Crippen molar-refractivity contribution in [2.75, 3.05) is 13.2 Å². The molecule has 3 N–H and O–H groups in total. The van der Waals surface area contributed by atoms with Gasteiger partial charge >= 0.3 is 5.97 Å². The van der Waals surface area contributed by atoms with E-state index >= 15 is 0 Å². The van der Waals surface area contributed by atoms with E-state index in [4.69, 9.17) is 4.74 Å². The monoisotopic (exact) mass is 473 g/mol. The van der Waals surface area contributed by atoms with Crippen LogP contribution in [0.1, 0.15) is 33.2 Å². The highest BCUT2D eigenvalue weighted by molar-refractivity contribution is 6.11. The molecule has 0 spiro atoms. The lowest BCUT2D eigenvalue weighted by Crippen LogP contribution is -2.28. The number of nitrogens with one attached hydrogen (secondary N) is 1. The van der Waals surface area contributed by atoms with E-state index < -0.39 is 11.8 Å². The Balaban J connectivity index is 1.66. The third-order valence-electron chi connectivity index (χ3n) is 4.75. The molecule has 9 nitrogen and oxygen atoms in total. The Morgan fingerprint density at radius 1 is 0.914 bits per heavy atom. The minimum absolute atomic E-state index is 0.00629. The average Bonchev–Trinajstić information content (AvgIpc) is 2.86. The molecule has 0 aliphatic heterocycles. The summed E-state index contributed by atoms with van der Waals surface area (Å²) in [5, 5.41) is 30.9. The average molecular weight is 473 g/mol. The summed E-state index contributed by atoms with van der Waals surface area (Å²) < 4.78 is 4.91. The van der Waals surface area contributed by atoms with Gasteiger partial charge in [-0.3, -0.25) is 9.59 Å². The van der Waals surface area contributed by atoms with Gasteiger partial charge in [0.25, 0.3) is 5.91 Å². The summed E-state index contributed by atoms with van der Waals surface area (Å²) in [4.78, 5) is 36.2. The van der Waals surface area contributed by atoms with Crippen LogP contribution >= 0.6 is 0 Å². The lowest BCUT2D eigenvalue weighted by molar-refractivity contribution is -0.138. The molecule has 35 heavy (non-hydrogen) atoms. The number of carbonyl (C=O) groups excluding carboxylic acids is 3. The highest BCUT2D eigenvalue weighted by atomic mass is 16.5. The summed E-state index contributed by atoms with van der Waals surface area (Å²) in [6.07, 6.45) is 0. The van der Waals surface area contributed by atoms with Crippen LogP contribution in [0.25, 0.3) is 0 Å². The zero-order chi connectivity index (χ0) is 25.4. The van der Waals surface area contributed by atoms with Gasteiger partial charge in [0.1, 0.15) is 23.8 Å². The number of benzene rings is 3. The molecule has 1 amide bonds. The van der Waals surface area contributed by atoms with Crippen molar-refractivity contribution in [1.82, 2.24) is 5.32 Å². The molecule has 0 bridgehead atoms. The zero-order valence-corrected chi connectivity index (χ0v) is 18.9. The van der Waals surface area contributed by atoms with E-state index in [0.717, 1.165) is 6.07 Å². The number of ether oxygens (including phenoxy) is 1. The van der Waals surface area contributed by atoms with Crippen LogP contribution in [0.5, 0.6) is 11.5 Å². The predicted molar refractivity (Wildman–Crippen MR) is 128 cm³/mol. The van der Waals surface area contributed by atoms with Crippen molar-refractivity contribution < 1.29 is 29.3 Å². The SMILES string of the molecule is C=C(C)C(=O)OCCNC(=O)c1ccc(/N=N/c2cc(C(=O)c3ccccc3)c(O)cc2O)cc1. The van der Waals surface area contributed by atoms with E-state index in [0.29, 0.717) is 16.8 Å². The molecule has 3 rings (SSSR count). The third-order valence-corrected chi connectivity index (χ3v) is 4.75. The first-order chi connectivity index (χ1) is 16.8. The zero-order valence-electron chi connectivity index (χ0n) is 18.9. The first-order valence-electron chi connectivity index (χ1n) is 10.5. The number of amides is 1. The van der Waals surface area contributed by atoms with Crippen LogP contribution in [-0.2, 0) is 9.53 Å². The fourth-order valence-electron chi connectivity index (χ4n) is 2.90. The number of ketones is 1. The van der Waals surface area contributed by atoms with Gasteiger partial charge in [0, 0.05) is 22.8 Å². The van der Waals surface area contributed by atoms with E-state index in [1.807, 2.05) is 0 Å². The number of hydrogen-bond acceptors (Lipinski definition) is 8. The maximum absolute atomic E-state index is 12.7. The summed E-state index contributed by atoms with van der Waals surface area (Å²) in [5.41, 5.74) is 1.37. The van der Waals surface area contributed by atoms with Gasteiger partial charge < -0.3 is 20.3 Å². The Labute approximate surface area is 201 Å². The van der Waals surface area contributed by atoms with E-state index in [1.54, 1.807) is 42.5 Å². The number of aromatic hydroxyl groups is 2. The van der Waals surface area contributed by atoms with Crippen molar-refractivity contribution in [1.29, 1.82) is 0 Å². The maximum atomic E-state index is 12.7. The molecule has 0 fully saturated rings. The number of phenolic OH excluding ortho intramolecular Hbond substituents is 2. The normalized spacial score (nSPS) is 10.7. The molecule has 0 aromatic heterocycles. The summed E-state index contributed by atoms with van der Waals surface area (Å²) in [6, 6.07) is 16.8. The topological polar surface area (TPSA) is 138 Å². The Bertz CT molecular complexity index is 1280. The van der Waals surface area contributed by atoms with Gasteiger partial charge in [-0.05, 0) is 37.3 Å². The Morgan fingerprint density at radius 3 is 2.26 bits per heavy atom. The number of nitrogens with zero attached hydrogens (tertiary/aromatic N) is 2. The highest BCUT2D eigenvalue weighted by Gasteiger charge is 2.17. The van der Waals surface area contributed by atoms with Crippen LogP contribution in [0.3, 0.4) is 0 Å². The molecule has 0 saturated heterocycles. The summed E-state index contributed by atoms with van der Waals surface area (Å²) in [5.74, 6) is -2.03. The molecule has 0 unspecified atom stereocenters. The summed E-state index contributed by atoms with van der Waals surface area (Å²) in [6.45, 7) is 5.17. The fraction of sp³-hybridized carbons (Fsp3) is 0.115. The van der Waals surface area contributed by atoms with Gasteiger partial charge in [0.05, 0.1) is 17.8 Å². The standard InChI is InChI=1S/C26H23N3O6/c1-16(2)26(34)35-13-12-27-25(33)18-8-10-19(11-9-18)28-29-21-14-20(22(30)15-23(21)31)24(32)17-6-4-3-5-7-17/h3-11,14-15,30-31H,1,12-13H2,2H3,(H,27,33)/b29-28+. The first kappa shape index (κ1) is 24.8. The van der Waals surface area contributed by atoms with Crippen LogP contribution in [0.2, 0.25) is 0 Å². The van der Waals surface area contributed by atoms with Crippen molar-refractivity contribution in [2.24, 2.45) is 10.2 Å². The number of hydrogen-bond donors (Lipinski definition) is 3. The third kappa shape index (κ3) is 6.61. The fourth-order valence-corrected chi connectivity index (χ4v) is 2.90. The number of azo groups is 1. The highest BCUT2D eigenvalue weighted by Crippen LogP contribution is 2.35. The molecule has 9 heteroatoms. The van der Waals surface area contributed by atoms with Crippen LogP contribution < -0.4 is 5.32 Å². The maximum Gasteiger partial charge on any atom is 0.333 e.